The fourth-order valence-electron chi connectivity index (χ4n) is 5.15. The van der Waals surface area contributed by atoms with E-state index in [0.29, 0.717) is 5.56 Å². The Morgan fingerprint density at radius 2 is 1.96 bits per heavy atom. The number of amides is 3. The molecule has 0 aromatic heterocycles. The number of thioether (sulfide) groups is 1. The van der Waals surface area contributed by atoms with Gasteiger partial charge in [-0.3, -0.25) is 19.7 Å². The molecule has 1 aromatic carbocycles. The molecule has 5 nitrogen and oxygen atoms in total. The lowest BCUT2D eigenvalue weighted by molar-refractivity contribution is -0.117. The second kappa shape index (κ2) is 5.19. The molecular formula is C19H17FN2O3S. The zero-order valence-electron chi connectivity index (χ0n) is 14.2. The van der Waals surface area contributed by atoms with Gasteiger partial charge < -0.3 is 4.90 Å². The van der Waals surface area contributed by atoms with E-state index in [1.165, 1.54) is 12.1 Å². The summed E-state index contributed by atoms with van der Waals surface area (Å²) >= 11 is 0.725. The van der Waals surface area contributed by atoms with E-state index in [0.717, 1.165) is 55.1 Å². The largest absolute Gasteiger partial charge is 0.301 e. The molecule has 1 unspecified atom stereocenters. The zero-order chi connectivity index (χ0) is 18.2. The van der Waals surface area contributed by atoms with Gasteiger partial charge in [-0.25, -0.2) is 4.39 Å². The molecule has 3 heterocycles. The number of carbonyl (C=O) groups excluding carboxylic acids is 3. The number of carbonyl (C=O) groups is 3. The molecule has 1 saturated heterocycles. The Morgan fingerprint density at radius 1 is 1.23 bits per heavy atom. The van der Waals surface area contributed by atoms with Crippen molar-refractivity contribution in [1.29, 1.82) is 0 Å². The van der Waals surface area contributed by atoms with Crippen LogP contribution in [0.3, 0.4) is 0 Å². The SMILES string of the molecule is CC1CC2(CCCC2)N2C(=O)/C(=C3\SC(=O)NC3=O)c3cc(F)cc1c32. The zero-order valence-corrected chi connectivity index (χ0v) is 15.0. The second-order valence-corrected chi connectivity index (χ2v) is 8.60. The number of fused-ring (bicyclic) bond motifs is 1. The molecule has 26 heavy (non-hydrogen) atoms. The minimum Gasteiger partial charge on any atom is -0.301 e. The average Bonchev–Trinajstić information content (AvgIpc) is 3.23. The van der Waals surface area contributed by atoms with Crippen LogP contribution in [0.4, 0.5) is 14.9 Å². The number of hydrogen-bond acceptors (Lipinski definition) is 4. The van der Waals surface area contributed by atoms with Crippen molar-refractivity contribution in [2.75, 3.05) is 4.90 Å². The summed E-state index contributed by atoms with van der Waals surface area (Å²) in [6, 6.07) is 2.84. The lowest BCUT2D eigenvalue weighted by Gasteiger charge is -2.46. The van der Waals surface area contributed by atoms with Gasteiger partial charge in [0, 0.05) is 11.1 Å². The second-order valence-electron chi connectivity index (χ2n) is 7.62. The minimum atomic E-state index is -0.574. The maximum absolute atomic E-state index is 14.3. The summed E-state index contributed by atoms with van der Waals surface area (Å²) in [7, 11) is 0. The summed E-state index contributed by atoms with van der Waals surface area (Å²) in [4.78, 5) is 39.2. The molecule has 3 amide bonds. The van der Waals surface area contributed by atoms with E-state index in [2.05, 4.69) is 12.2 Å². The summed E-state index contributed by atoms with van der Waals surface area (Å²) in [5.74, 6) is -1.13. The Bertz CT molecular complexity index is 933. The topological polar surface area (TPSA) is 66.5 Å². The van der Waals surface area contributed by atoms with Crippen LogP contribution in [-0.4, -0.2) is 22.6 Å². The first-order valence-electron chi connectivity index (χ1n) is 8.87. The number of hydrogen-bond donors (Lipinski definition) is 1. The monoisotopic (exact) mass is 372 g/mol. The molecule has 1 spiro atoms. The van der Waals surface area contributed by atoms with Gasteiger partial charge in [-0.05, 0) is 54.6 Å². The van der Waals surface area contributed by atoms with Gasteiger partial charge in [0.2, 0.25) is 0 Å². The van der Waals surface area contributed by atoms with E-state index in [1.54, 1.807) is 0 Å². The molecular weight excluding hydrogens is 355 g/mol. The number of imide groups is 1. The van der Waals surface area contributed by atoms with E-state index in [4.69, 9.17) is 0 Å². The molecule has 1 aromatic rings. The highest BCUT2D eigenvalue weighted by Crippen LogP contribution is 2.57. The fourth-order valence-corrected chi connectivity index (χ4v) is 5.92. The molecule has 1 saturated carbocycles. The standard InChI is InChI=1S/C19H17FN2O3S/c1-9-8-19(4-2-3-5-19)22-14-11(9)6-10(20)7-12(14)13(17(22)24)15-16(23)21-18(25)26-15/h6-7,9H,2-5,8H2,1H3,(H,21,23,25)/b15-13-. The van der Waals surface area contributed by atoms with Crippen molar-refractivity contribution in [2.45, 2.75) is 50.5 Å². The van der Waals surface area contributed by atoms with E-state index in [-0.39, 0.29) is 27.8 Å². The summed E-state index contributed by atoms with van der Waals surface area (Å²) in [5.41, 5.74) is 1.93. The Balaban J connectivity index is 1.81. The van der Waals surface area contributed by atoms with Crippen LogP contribution in [-0.2, 0) is 9.59 Å². The van der Waals surface area contributed by atoms with Crippen LogP contribution in [0, 0.1) is 5.82 Å². The number of rotatable bonds is 0. The number of halogens is 1. The highest BCUT2D eigenvalue weighted by atomic mass is 32.2. The summed E-state index contributed by atoms with van der Waals surface area (Å²) in [6.45, 7) is 2.07. The maximum Gasteiger partial charge on any atom is 0.290 e. The van der Waals surface area contributed by atoms with E-state index >= 15 is 0 Å². The average molecular weight is 372 g/mol. The first-order chi connectivity index (χ1) is 12.4. The van der Waals surface area contributed by atoms with Crippen LogP contribution >= 0.6 is 11.8 Å². The number of anilines is 1. The molecule has 0 radical (unpaired) electrons. The van der Waals surface area contributed by atoms with E-state index < -0.39 is 17.0 Å². The van der Waals surface area contributed by atoms with Gasteiger partial charge in [-0.2, -0.15) is 0 Å². The van der Waals surface area contributed by atoms with Gasteiger partial charge in [0.1, 0.15) is 5.82 Å². The Kier molecular flexibility index (Phi) is 3.20. The van der Waals surface area contributed by atoms with Gasteiger partial charge in [-0.1, -0.05) is 19.8 Å². The van der Waals surface area contributed by atoms with Crippen LogP contribution in [0.2, 0.25) is 0 Å². The van der Waals surface area contributed by atoms with Crippen LogP contribution in [0.25, 0.3) is 5.57 Å². The molecule has 1 aliphatic carbocycles. The lowest BCUT2D eigenvalue weighted by atomic mass is 9.77. The molecule has 1 N–H and O–H groups in total. The summed E-state index contributed by atoms with van der Waals surface area (Å²) < 4.78 is 14.3. The Hall–Kier alpha value is -2.15. The quantitative estimate of drug-likeness (QED) is 0.706. The van der Waals surface area contributed by atoms with Crippen molar-refractivity contribution < 1.29 is 18.8 Å². The van der Waals surface area contributed by atoms with Crippen molar-refractivity contribution in [3.05, 3.63) is 34.0 Å². The number of nitrogens with one attached hydrogen (secondary N) is 1. The Morgan fingerprint density at radius 3 is 2.62 bits per heavy atom. The molecule has 4 aliphatic rings. The first-order valence-corrected chi connectivity index (χ1v) is 9.69. The highest BCUT2D eigenvalue weighted by molar-refractivity contribution is 8.18. The maximum atomic E-state index is 14.3. The molecule has 0 bridgehead atoms. The third-order valence-electron chi connectivity index (χ3n) is 6.08. The van der Waals surface area contributed by atoms with Gasteiger partial charge in [0.15, 0.2) is 0 Å². The highest BCUT2D eigenvalue weighted by Gasteiger charge is 2.54. The van der Waals surface area contributed by atoms with Crippen molar-refractivity contribution in [2.24, 2.45) is 0 Å². The van der Waals surface area contributed by atoms with Crippen molar-refractivity contribution in [3.8, 4) is 0 Å². The molecule has 1 atom stereocenters. The smallest absolute Gasteiger partial charge is 0.290 e. The molecule has 2 fully saturated rings. The fraction of sp³-hybridized carbons (Fsp3) is 0.421. The van der Waals surface area contributed by atoms with Gasteiger partial charge in [0.25, 0.3) is 17.1 Å². The third-order valence-corrected chi connectivity index (χ3v) is 6.96. The minimum absolute atomic E-state index is 0.0861. The van der Waals surface area contributed by atoms with Gasteiger partial charge in [-0.15, -0.1) is 0 Å². The van der Waals surface area contributed by atoms with Crippen LogP contribution in [0.15, 0.2) is 17.0 Å². The lowest BCUT2D eigenvalue weighted by Crippen LogP contribution is -2.52. The van der Waals surface area contributed by atoms with Gasteiger partial charge in [0.05, 0.1) is 16.2 Å². The van der Waals surface area contributed by atoms with Crippen LogP contribution in [0.1, 0.15) is 56.1 Å². The summed E-state index contributed by atoms with van der Waals surface area (Å²) in [6.07, 6.45) is 4.75. The number of nitrogens with zero attached hydrogens (tertiary/aromatic N) is 1. The predicted octanol–water partition coefficient (Wildman–Crippen LogP) is 3.69. The number of benzene rings is 1. The van der Waals surface area contributed by atoms with Crippen molar-refractivity contribution in [3.63, 3.8) is 0 Å². The normalized spacial score (nSPS) is 28.9. The molecule has 5 rings (SSSR count). The summed E-state index contributed by atoms with van der Waals surface area (Å²) in [5, 5.41) is 1.71. The van der Waals surface area contributed by atoms with Crippen molar-refractivity contribution in [1.82, 2.24) is 5.32 Å². The molecule has 3 aliphatic heterocycles. The van der Waals surface area contributed by atoms with Crippen molar-refractivity contribution >= 4 is 40.1 Å². The third kappa shape index (κ3) is 1.95. The Labute approximate surface area is 154 Å². The molecule has 7 heteroatoms. The molecule has 134 valence electrons. The first kappa shape index (κ1) is 16.1. The van der Waals surface area contributed by atoms with Crippen LogP contribution in [0.5, 0.6) is 0 Å². The van der Waals surface area contributed by atoms with Crippen LogP contribution < -0.4 is 10.2 Å². The van der Waals surface area contributed by atoms with E-state index in [1.807, 2.05) is 4.90 Å². The van der Waals surface area contributed by atoms with E-state index in [9.17, 15) is 18.8 Å². The predicted molar refractivity (Wildman–Crippen MR) is 96.2 cm³/mol. The van der Waals surface area contributed by atoms with Gasteiger partial charge >= 0.3 is 0 Å².